The summed E-state index contributed by atoms with van der Waals surface area (Å²) in [6, 6.07) is 13.1. The van der Waals surface area contributed by atoms with Crippen LogP contribution in [0.4, 0.5) is 10.1 Å². The first-order valence-electron chi connectivity index (χ1n) is 16.5. The number of ketones is 1. The number of halogens is 1. The summed E-state index contributed by atoms with van der Waals surface area (Å²) in [7, 11) is 0. The van der Waals surface area contributed by atoms with E-state index in [1.54, 1.807) is 30.3 Å². The van der Waals surface area contributed by atoms with Gasteiger partial charge in [0.25, 0.3) is 5.56 Å². The Morgan fingerprint density at radius 3 is 2.68 bits per heavy atom. The minimum atomic E-state index is -0.996. The average molecular weight is 657 g/mol. The summed E-state index contributed by atoms with van der Waals surface area (Å²) in [4.78, 5) is 38.9. The molecule has 4 N–H and O–H groups in total. The first-order valence-corrected chi connectivity index (χ1v) is 17.5. The number of thioether (sulfide) groups is 1. The first kappa shape index (κ1) is 32.1. The third-order valence-corrected chi connectivity index (χ3v) is 13.3. The number of hydrogen-bond donors (Lipinski definition) is 4. The van der Waals surface area contributed by atoms with Gasteiger partial charge in [0.2, 0.25) is 0 Å². The van der Waals surface area contributed by atoms with Crippen molar-refractivity contribution in [1.29, 1.82) is 5.41 Å². The van der Waals surface area contributed by atoms with E-state index < -0.39 is 16.9 Å². The van der Waals surface area contributed by atoms with Gasteiger partial charge in [-0.25, -0.2) is 9.37 Å². The molecule has 0 aliphatic heterocycles. The van der Waals surface area contributed by atoms with Crippen LogP contribution in [0.3, 0.4) is 0 Å². The van der Waals surface area contributed by atoms with Crippen molar-refractivity contribution in [3.63, 3.8) is 0 Å². The zero-order valence-corrected chi connectivity index (χ0v) is 27.5. The van der Waals surface area contributed by atoms with Crippen molar-refractivity contribution in [2.24, 2.45) is 44.9 Å². The van der Waals surface area contributed by atoms with E-state index in [9.17, 15) is 24.2 Å². The molecule has 3 aromatic rings. The van der Waals surface area contributed by atoms with Crippen LogP contribution in [-0.4, -0.2) is 56.4 Å². The van der Waals surface area contributed by atoms with E-state index in [2.05, 4.69) is 29.9 Å². The summed E-state index contributed by atoms with van der Waals surface area (Å²) in [5.41, 5.74) is 1.06. The van der Waals surface area contributed by atoms with Gasteiger partial charge < -0.3 is 20.6 Å². The highest BCUT2D eigenvalue weighted by Gasteiger charge is 2.68. The number of fused-ring (bicyclic) bond motifs is 6. The second-order valence-electron chi connectivity index (χ2n) is 14.5. The molecule has 10 heteroatoms. The lowest BCUT2D eigenvalue weighted by Crippen LogP contribution is -2.60. The molecule has 246 valence electrons. The molecular formula is C37H41FN4O4S. The summed E-state index contributed by atoms with van der Waals surface area (Å²) in [6.45, 7) is 4.04. The molecule has 1 aromatic heterocycles. The molecule has 1 heterocycles. The quantitative estimate of drug-likeness (QED) is 0.134. The van der Waals surface area contributed by atoms with Crippen molar-refractivity contribution in [1.82, 2.24) is 9.97 Å². The van der Waals surface area contributed by atoms with Gasteiger partial charge in [-0.05, 0) is 110 Å². The van der Waals surface area contributed by atoms with Crippen LogP contribution in [0.25, 0.3) is 10.9 Å². The van der Waals surface area contributed by atoms with Gasteiger partial charge in [-0.2, -0.15) is 0 Å². The fourth-order valence-corrected chi connectivity index (χ4v) is 10.9. The van der Waals surface area contributed by atoms with E-state index in [1.807, 2.05) is 6.07 Å². The number of nitrogens with one attached hydrogen (secondary N) is 2. The van der Waals surface area contributed by atoms with Gasteiger partial charge in [0.05, 0.1) is 40.5 Å². The molecule has 3 saturated carbocycles. The summed E-state index contributed by atoms with van der Waals surface area (Å²) < 4.78 is 13.5. The largest absolute Gasteiger partial charge is 0.395 e. The Hall–Kier alpha value is -3.47. The smallest absolute Gasteiger partial charge is 0.259 e. The van der Waals surface area contributed by atoms with Crippen LogP contribution >= 0.6 is 11.8 Å². The van der Waals surface area contributed by atoms with Crippen LogP contribution in [-0.2, 0) is 4.79 Å². The predicted molar refractivity (Wildman–Crippen MR) is 182 cm³/mol. The number of hydrogen-bond acceptors (Lipinski definition) is 8. The molecule has 0 spiro atoms. The van der Waals surface area contributed by atoms with Crippen molar-refractivity contribution in [2.75, 3.05) is 12.4 Å². The van der Waals surface area contributed by atoms with Crippen molar-refractivity contribution < 1.29 is 19.4 Å². The number of Topliss-reactive ketones (excluding diaryl/α,β-unsaturated/α-hetero) is 1. The highest BCUT2D eigenvalue weighted by atomic mass is 32.2. The van der Waals surface area contributed by atoms with Gasteiger partial charge >= 0.3 is 0 Å². The van der Waals surface area contributed by atoms with Crippen molar-refractivity contribution >= 4 is 46.1 Å². The van der Waals surface area contributed by atoms with Crippen LogP contribution in [0.15, 0.2) is 75.1 Å². The number of nitrogens with zero attached hydrogens (tertiary/aromatic N) is 2. The number of aliphatic imine (C=N–C) groups is 1. The number of aliphatic hydroxyl groups excluding tert-OH is 2. The Morgan fingerprint density at radius 2 is 1.94 bits per heavy atom. The number of para-hydroxylation sites is 1. The molecule has 0 saturated heterocycles. The number of H-pyrrole nitrogens is 1. The van der Waals surface area contributed by atoms with E-state index in [0.29, 0.717) is 41.0 Å². The van der Waals surface area contributed by atoms with Gasteiger partial charge in [-0.1, -0.05) is 43.3 Å². The van der Waals surface area contributed by atoms with Crippen LogP contribution < -0.4 is 5.56 Å². The molecule has 2 aromatic carbocycles. The second-order valence-corrected chi connectivity index (χ2v) is 15.4. The lowest BCUT2D eigenvalue weighted by atomic mass is 9.43. The number of rotatable bonds is 7. The van der Waals surface area contributed by atoms with Crippen molar-refractivity contribution in [3.05, 3.63) is 76.4 Å². The van der Waals surface area contributed by atoms with Crippen LogP contribution in [0.2, 0.25) is 0 Å². The van der Waals surface area contributed by atoms with Crippen molar-refractivity contribution in [2.45, 2.75) is 63.6 Å². The number of aromatic nitrogens is 2. The highest BCUT2D eigenvalue weighted by Crippen LogP contribution is 2.70. The molecule has 0 radical (unpaired) electrons. The first-order chi connectivity index (χ1) is 22.5. The molecule has 3 fully saturated rings. The van der Waals surface area contributed by atoms with E-state index >= 15 is 0 Å². The highest BCUT2D eigenvalue weighted by molar-refractivity contribution is 7.99. The minimum absolute atomic E-state index is 0.0405. The van der Waals surface area contributed by atoms with E-state index in [4.69, 9.17) is 10.4 Å². The molecule has 4 aliphatic rings. The number of aliphatic hydroxyl groups is 2. The number of allylic oxidation sites excluding steroid dienone is 2. The Bertz CT molecular complexity index is 1860. The summed E-state index contributed by atoms with van der Waals surface area (Å²) in [5.74, 6) is -0.275. The maximum atomic E-state index is 14.2. The molecule has 7 rings (SSSR count). The Kier molecular flexibility index (Phi) is 8.12. The molecule has 8 unspecified atom stereocenters. The van der Waals surface area contributed by atoms with Gasteiger partial charge in [-0.3, -0.25) is 14.6 Å². The lowest BCUT2D eigenvalue weighted by molar-refractivity contribution is -0.164. The third-order valence-electron chi connectivity index (χ3n) is 12.4. The van der Waals surface area contributed by atoms with Gasteiger partial charge in [0.1, 0.15) is 5.82 Å². The van der Waals surface area contributed by atoms with E-state index in [-0.39, 0.29) is 58.6 Å². The Morgan fingerprint density at radius 1 is 1.17 bits per heavy atom. The Labute approximate surface area is 277 Å². The number of carbonyl (C=O) groups is 1. The summed E-state index contributed by atoms with van der Waals surface area (Å²) in [6.07, 6.45) is 6.99. The number of carbonyl (C=O) groups excluding carboxylic acids is 1. The molecule has 8 nitrogen and oxygen atoms in total. The van der Waals surface area contributed by atoms with Crippen LogP contribution in [0, 0.1) is 51.1 Å². The number of benzene rings is 2. The number of aromatic amines is 1. The lowest BCUT2D eigenvalue weighted by Gasteiger charge is -2.61. The fraction of sp³-hybridized carbons (Fsp3) is 0.486. The minimum Gasteiger partial charge on any atom is -0.395 e. The van der Waals surface area contributed by atoms with Crippen LogP contribution in [0.1, 0.15) is 52.4 Å². The van der Waals surface area contributed by atoms with E-state index in [0.717, 1.165) is 25.0 Å². The standard InChI is InChI=1S/C37H41FN4O4S/c1-35-16-21(18-39)29(40-24-10-8-23(38)9-11-24)15-22(35)7-12-25-27-13-14-37(20-43,36(27,2)17-30(44)32(25)35)31(45)19-47-34-41-28-6-4-3-5-26(28)33(46)42-34/h3-6,8-11,15,18,21,25,27,30,32,39,43-44H,7,12-14,16-17,19-20H2,1-2H3,(H,41,42,46). The van der Waals surface area contributed by atoms with Gasteiger partial charge in [0, 0.05) is 17.8 Å². The van der Waals surface area contributed by atoms with Crippen LogP contribution in [0.5, 0.6) is 0 Å². The molecule has 8 atom stereocenters. The van der Waals surface area contributed by atoms with Crippen molar-refractivity contribution in [3.8, 4) is 0 Å². The zero-order chi connectivity index (χ0) is 33.1. The maximum Gasteiger partial charge on any atom is 0.259 e. The summed E-state index contributed by atoms with van der Waals surface area (Å²) >= 11 is 1.19. The molecular weight excluding hydrogens is 615 g/mol. The molecule has 47 heavy (non-hydrogen) atoms. The molecule has 0 bridgehead atoms. The summed E-state index contributed by atoms with van der Waals surface area (Å²) in [5, 5.41) is 32.2. The maximum absolute atomic E-state index is 14.2. The average Bonchev–Trinajstić information content (AvgIpc) is 3.36. The van der Waals surface area contributed by atoms with Gasteiger partial charge in [-0.15, -0.1) is 0 Å². The third kappa shape index (κ3) is 5.06. The monoisotopic (exact) mass is 656 g/mol. The Balaban J connectivity index is 1.15. The van der Waals surface area contributed by atoms with E-state index in [1.165, 1.54) is 35.7 Å². The molecule has 4 aliphatic carbocycles. The normalized spacial score (nSPS) is 35.6. The predicted octanol–water partition coefficient (Wildman–Crippen LogP) is 6.28. The fourth-order valence-electron chi connectivity index (χ4n) is 10.1. The topological polar surface area (TPSA) is 139 Å². The van der Waals surface area contributed by atoms with Gasteiger partial charge in [0.15, 0.2) is 10.9 Å². The SMILES string of the molecule is CC12CC(C=N)C(=Nc3ccc(F)cc3)C=C1CCC1C2C(O)CC2(C)C1CCC2(CO)C(=O)CSc1nc2ccccc2c(=O)[nH]1. The molecule has 0 amide bonds. The second kappa shape index (κ2) is 11.9. The zero-order valence-electron chi connectivity index (χ0n) is 26.7.